The topological polar surface area (TPSA) is 97.4 Å². The zero-order valence-electron chi connectivity index (χ0n) is 17.1. The number of aromatic nitrogens is 1. The van der Waals surface area contributed by atoms with Crippen LogP contribution in [0.4, 0.5) is 15.8 Å². The van der Waals surface area contributed by atoms with Crippen molar-refractivity contribution in [3.8, 4) is 11.5 Å². The van der Waals surface area contributed by atoms with Gasteiger partial charge in [0.2, 0.25) is 0 Å². The minimum absolute atomic E-state index is 0.00528. The predicted octanol–water partition coefficient (Wildman–Crippen LogP) is 5.07. The number of benzene rings is 3. The molecule has 2 N–H and O–H groups in total. The number of nitrogens with zero attached hydrogens (tertiary/aromatic N) is 1. The summed E-state index contributed by atoms with van der Waals surface area (Å²) >= 11 is 0. The van der Waals surface area contributed by atoms with Gasteiger partial charge < -0.3 is 10.1 Å². The molecule has 1 heterocycles. The summed E-state index contributed by atoms with van der Waals surface area (Å²) in [7, 11) is -3.82. The van der Waals surface area contributed by atoms with E-state index in [0.717, 1.165) is 0 Å². The Morgan fingerprint density at radius 2 is 1.61 bits per heavy atom. The maximum atomic E-state index is 13.4. The second kappa shape index (κ2) is 9.49. The maximum absolute atomic E-state index is 13.4. The van der Waals surface area contributed by atoms with Crippen molar-refractivity contribution in [2.45, 2.75) is 4.90 Å². The first-order chi connectivity index (χ1) is 15.9. The van der Waals surface area contributed by atoms with Gasteiger partial charge in [0.15, 0.2) is 5.75 Å². The molecule has 4 rings (SSSR count). The Morgan fingerprint density at radius 3 is 2.33 bits per heavy atom. The van der Waals surface area contributed by atoms with Gasteiger partial charge >= 0.3 is 0 Å². The van der Waals surface area contributed by atoms with Crippen molar-refractivity contribution in [2.24, 2.45) is 0 Å². The number of halogens is 1. The first kappa shape index (κ1) is 22.0. The number of sulfonamides is 1. The molecule has 3 aromatic carbocycles. The lowest BCUT2D eigenvalue weighted by Gasteiger charge is -2.13. The van der Waals surface area contributed by atoms with Crippen molar-refractivity contribution in [1.82, 2.24) is 4.98 Å². The largest absolute Gasteiger partial charge is 0.455 e. The van der Waals surface area contributed by atoms with Crippen LogP contribution in [0.5, 0.6) is 11.5 Å². The number of hydrogen-bond acceptors (Lipinski definition) is 5. The van der Waals surface area contributed by atoms with Crippen LogP contribution in [0.3, 0.4) is 0 Å². The molecule has 0 aliphatic heterocycles. The third-order valence-electron chi connectivity index (χ3n) is 4.52. The zero-order chi connectivity index (χ0) is 23.3. The van der Waals surface area contributed by atoms with Gasteiger partial charge in [-0.15, -0.1) is 0 Å². The second-order valence-corrected chi connectivity index (χ2v) is 8.56. The molecule has 9 heteroatoms. The van der Waals surface area contributed by atoms with Crippen LogP contribution in [0, 0.1) is 5.82 Å². The third-order valence-corrected chi connectivity index (χ3v) is 5.92. The van der Waals surface area contributed by atoms with Crippen LogP contribution in [0.25, 0.3) is 0 Å². The molecule has 0 aliphatic carbocycles. The summed E-state index contributed by atoms with van der Waals surface area (Å²) in [4.78, 5) is 16.6. The normalized spacial score (nSPS) is 10.9. The number of rotatable bonds is 7. The summed E-state index contributed by atoms with van der Waals surface area (Å²) in [5.41, 5.74) is 1.00. The molecule has 7 nitrogen and oxygen atoms in total. The van der Waals surface area contributed by atoms with Crippen LogP contribution in [0.15, 0.2) is 102 Å². The van der Waals surface area contributed by atoms with Gasteiger partial charge in [0, 0.05) is 24.0 Å². The zero-order valence-corrected chi connectivity index (χ0v) is 17.9. The molecule has 0 aliphatic rings. The van der Waals surface area contributed by atoms with Gasteiger partial charge in [0.1, 0.15) is 11.6 Å². The lowest BCUT2D eigenvalue weighted by Crippen LogP contribution is -2.15. The maximum Gasteiger partial charge on any atom is 0.261 e. The van der Waals surface area contributed by atoms with Gasteiger partial charge in [-0.3, -0.25) is 14.5 Å². The van der Waals surface area contributed by atoms with Gasteiger partial charge in [-0.25, -0.2) is 12.8 Å². The van der Waals surface area contributed by atoms with Gasteiger partial charge in [0.25, 0.3) is 15.9 Å². The quantitative estimate of drug-likeness (QED) is 0.399. The summed E-state index contributed by atoms with van der Waals surface area (Å²) in [6.45, 7) is 0. The van der Waals surface area contributed by atoms with Crippen molar-refractivity contribution >= 4 is 27.3 Å². The smallest absolute Gasteiger partial charge is 0.261 e. The first-order valence-corrected chi connectivity index (χ1v) is 11.3. The Bertz CT molecular complexity index is 1380. The average Bonchev–Trinajstić information content (AvgIpc) is 2.81. The number of anilines is 2. The minimum Gasteiger partial charge on any atom is -0.455 e. The third kappa shape index (κ3) is 5.52. The van der Waals surface area contributed by atoms with Gasteiger partial charge in [-0.1, -0.05) is 18.2 Å². The predicted molar refractivity (Wildman–Crippen MR) is 122 cm³/mol. The van der Waals surface area contributed by atoms with E-state index in [1.165, 1.54) is 67.0 Å². The van der Waals surface area contributed by atoms with E-state index in [1.807, 2.05) is 0 Å². The summed E-state index contributed by atoms with van der Waals surface area (Å²) in [6.07, 6.45) is 2.95. The highest BCUT2D eigenvalue weighted by Crippen LogP contribution is 2.30. The van der Waals surface area contributed by atoms with E-state index < -0.39 is 21.7 Å². The summed E-state index contributed by atoms with van der Waals surface area (Å²) < 4.78 is 46.7. The van der Waals surface area contributed by atoms with E-state index in [4.69, 9.17) is 4.74 Å². The van der Waals surface area contributed by atoms with E-state index in [9.17, 15) is 17.6 Å². The van der Waals surface area contributed by atoms with Crippen LogP contribution >= 0.6 is 0 Å². The summed E-state index contributed by atoms with van der Waals surface area (Å²) in [5, 5.41) is 2.73. The van der Waals surface area contributed by atoms with E-state index >= 15 is 0 Å². The van der Waals surface area contributed by atoms with Crippen LogP contribution < -0.4 is 14.8 Å². The lowest BCUT2D eigenvalue weighted by molar-refractivity contribution is 0.102. The van der Waals surface area contributed by atoms with E-state index in [-0.39, 0.29) is 16.2 Å². The number of para-hydroxylation sites is 2. The number of hydrogen-bond donors (Lipinski definition) is 2. The fourth-order valence-corrected chi connectivity index (χ4v) is 3.99. The van der Waals surface area contributed by atoms with Crippen LogP contribution in [-0.2, 0) is 10.0 Å². The van der Waals surface area contributed by atoms with Crippen molar-refractivity contribution in [1.29, 1.82) is 0 Å². The molecule has 0 saturated heterocycles. The molecule has 0 radical (unpaired) electrons. The van der Waals surface area contributed by atoms with Crippen molar-refractivity contribution < 1.29 is 22.3 Å². The van der Waals surface area contributed by atoms with E-state index in [1.54, 1.807) is 30.3 Å². The van der Waals surface area contributed by atoms with Crippen LogP contribution in [0.2, 0.25) is 0 Å². The Hall–Kier alpha value is -4.24. The SMILES string of the molecule is O=C(Nc1ccccc1Oc1cccc(F)c1)c1ccc(S(=O)(=O)Nc2ccncc2)cc1. The molecule has 0 spiro atoms. The molecular weight excluding hydrogens is 445 g/mol. The van der Waals surface area contributed by atoms with E-state index in [2.05, 4.69) is 15.0 Å². The average molecular weight is 463 g/mol. The molecule has 4 aromatic rings. The molecule has 1 amide bonds. The number of nitrogens with one attached hydrogen (secondary N) is 2. The van der Waals surface area contributed by atoms with Crippen molar-refractivity contribution in [3.05, 3.63) is 109 Å². The molecule has 0 saturated carbocycles. The van der Waals surface area contributed by atoms with Crippen molar-refractivity contribution in [3.63, 3.8) is 0 Å². The molecule has 0 fully saturated rings. The Labute approximate surface area is 189 Å². The molecule has 0 atom stereocenters. The van der Waals surface area contributed by atoms with Crippen LogP contribution in [0.1, 0.15) is 10.4 Å². The molecular formula is C24H18FN3O4S. The Kier molecular flexibility index (Phi) is 6.32. The van der Waals surface area contributed by atoms with Gasteiger partial charge in [-0.05, 0) is 60.7 Å². The van der Waals surface area contributed by atoms with E-state index in [0.29, 0.717) is 17.1 Å². The number of pyridine rings is 1. The molecule has 0 bridgehead atoms. The van der Waals surface area contributed by atoms with Crippen molar-refractivity contribution in [2.75, 3.05) is 10.0 Å². The molecule has 166 valence electrons. The fraction of sp³-hybridized carbons (Fsp3) is 0. The Balaban J connectivity index is 1.48. The summed E-state index contributed by atoms with van der Waals surface area (Å²) in [5.74, 6) is -0.288. The Morgan fingerprint density at radius 1 is 0.879 bits per heavy atom. The number of carbonyl (C=O) groups is 1. The number of carbonyl (C=O) groups excluding carboxylic acids is 1. The number of amides is 1. The first-order valence-electron chi connectivity index (χ1n) is 9.77. The highest BCUT2D eigenvalue weighted by Gasteiger charge is 2.16. The highest BCUT2D eigenvalue weighted by molar-refractivity contribution is 7.92. The standard InChI is InChI=1S/C24H18FN3O4S/c25-18-4-3-5-20(16-18)32-23-7-2-1-6-22(23)27-24(29)17-8-10-21(11-9-17)33(30,31)28-19-12-14-26-15-13-19/h1-16H,(H,26,28)(H,27,29). The molecule has 0 unspecified atom stereocenters. The summed E-state index contributed by atoms with van der Waals surface area (Å²) in [6, 6.07) is 20.9. The minimum atomic E-state index is -3.82. The second-order valence-electron chi connectivity index (χ2n) is 6.88. The highest BCUT2D eigenvalue weighted by atomic mass is 32.2. The molecule has 33 heavy (non-hydrogen) atoms. The molecule has 1 aromatic heterocycles. The number of ether oxygens (including phenoxy) is 1. The lowest BCUT2D eigenvalue weighted by atomic mass is 10.2. The van der Waals surface area contributed by atoms with Crippen LogP contribution in [-0.4, -0.2) is 19.3 Å². The van der Waals surface area contributed by atoms with Gasteiger partial charge in [-0.2, -0.15) is 0 Å². The fourth-order valence-electron chi connectivity index (χ4n) is 2.93. The monoisotopic (exact) mass is 463 g/mol. The van der Waals surface area contributed by atoms with Gasteiger partial charge in [0.05, 0.1) is 16.3 Å².